The number of nitrogens with one attached hydrogen (secondary N) is 1. The molecular weight excluding hydrogens is 238 g/mol. The highest BCUT2D eigenvalue weighted by Gasteiger charge is 2.32. The second kappa shape index (κ2) is 7.51. The van der Waals surface area contributed by atoms with Gasteiger partial charge in [-0.1, -0.05) is 25.1 Å². The topological polar surface area (TPSA) is 30.5 Å². The van der Waals surface area contributed by atoms with Crippen LogP contribution < -0.4 is 10.1 Å². The van der Waals surface area contributed by atoms with Crippen LogP contribution in [-0.4, -0.2) is 25.4 Å². The summed E-state index contributed by atoms with van der Waals surface area (Å²) in [6, 6.07) is 8.29. The summed E-state index contributed by atoms with van der Waals surface area (Å²) in [5, 5.41) is 3.52. The summed E-state index contributed by atoms with van der Waals surface area (Å²) in [4.78, 5) is 0. The molecular formula is C16H27NO2. The summed E-state index contributed by atoms with van der Waals surface area (Å²) >= 11 is 0. The van der Waals surface area contributed by atoms with Crippen LogP contribution in [0.4, 0.5) is 0 Å². The predicted octanol–water partition coefficient (Wildman–Crippen LogP) is 3.55. The van der Waals surface area contributed by atoms with E-state index in [0.29, 0.717) is 13.2 Å². The second-order valence-corrected chi connectivity index (χ2v) is 5.00. The zero-order chi connectivity index (χ0) is 14.3. The standard InChI is InChI=1S/C16H27NO2/c1-6-17-15(16(4,5)19-8-3)13-11-9-10-12-14(13)18-7-2/h9-12,15,17H,6-8H2,1-5H3. The molecule has 3 nitrogen and oxygen atoms in total. The highest BCUT2D eigenvalue weighted by Crippen LogP contribution is 2.34. The van der Waals surface area contributed by atoms with E-state index in [0.717, 1.165) is 17.9 Å². The fourth-order valence-corrected chi connectivity index (χ4v) is 2.40. The monoisotopic (exact) mass is 265 g/mol. The zero-order valence-corrected chi connectivity index (χ0v) is 12.8. The van der Waals surface area contributed by atoms with Crippen LogP contribution in [0, 0.1) is 0 Å². The van der Waals surface area contributed by atoms with Crippen molar-refractivity contribution in [1.29, 1.82) is 0 Å². The van der Waals surface area contributed by atoms with Crippen molar-refractivity contribution in [1.82, 2.24) is 5.32 Å². The predicted molar refractivity (Wildman–Crippen MR) is 79.7 cm³/mol. The van der Waals surface area contributed by atoms with E-state index in [1.165, 1.54) is 0 Å². The molecule has 0 spiro atoms. The molecule has 1 atom stereocenters. The molecule has 0 aliphatic rings. The molecule has 0 bridgehead atoms. The van der Waals surface area contributed by atoms with Crippen LogP contribution in [0.2, 0.25) is 0 Å². The van der Waals surface area contributed by atoms with E-state index in [4.69, 9.17) is 9.47 Å². The molecule has 1 aromatic rings. The number of ether oxygens (including phenoxy) is 2. The molecule has 1 aromatic carbocycles. The van der Waals surface area contributed by atoms with Crippen LogP contribution in [0.1, 0.15) is 46.2 Å². The smallest absolute Gasteiger partial charge is 0.124 e. The summed E-state index contributed by atoms with van der Waals surface area (Å²) in [6.07, 6.45) is 0. The van der Waals surface area contributed by atoms with Gasteiger partial charge in [-0.05, 0) is 40.3 Å². The fraction of sp³-hybridized carbons (Fsp3) is 0.625. The maximum Gasteiger partial charge on any atom is 0.124 e. The van der Waals surface area contributed by atoms with Gasteiger partial charge in [0.1, 0.15) is 5.75 Å². The van der Waals surface area contributed by atoms with E-state index in [-0.39, 0.29) is 11.6 Å². The lowest BCUT2D eigenvalue weighted by atomic mass is 9.90. The van der Waals surface area contributed by atoms with Crippen LogP contribution in [0.5, 0.6) is 5.75 Å². The molecule has 0 radical (unpaired) electrons. The lowest BCUT2D eigenvalue weighted by Gasteiger charge is -2.35. The number of para-hydroxylation sites is 1. The molecule has 1 rings (SSSR count). The first-order chi connectivity index (χ1) is 9.06. The highest BCUT2D eigenvalue weighted by atomic mass is 16.5. The largest absolute Gasteiger partial charge is 0.494 e. The summed E-state index contributed by atoms with van der Waals surface area (Å²) in [5.41, 5.74) is 0.877. The zero-order valence-electron chi connectivity index (χ0n) is 12.8. The van der Waals surface area contributed by atoms with Crippen molar-refractivity contribution in [2.24, 2.45) is 0 Å². The van der Waals surface area contributed by atoms with E-state index in [2.05, 4.69) is 32.2 Å². The van der Waals surface area contributed by atoms with Crippen molar-refractivity contribution in [3.63, 3.8) is 0 Å². The molecule has 0 aromatic heterocycles. The summed E-state index contributed by atoms with van der Waals surface area (Å²) in [6.45, 7) is 12.6. The van der Waals surface area contributed by atoms with Crippen molar-refractivity contribution < 1.29 is 9.47 Å². The van der Waals surface area contributed by atoms with Gasteiger partial charge in [0.2, 0.25) is 0 Å². The number of hydrogen-bond acceptors (Lipinski definition) is 3. The van der Waals surface area contributed by atoms with Gasteiger partial charge in [0.05, 0.1) is 18.2 Å². The molecule has 1 unspecified atom stereocenters. The minimum atomic E-state index is -0.280. The Kier molecular flexibility index (Phi) is 6.32. The van der Waals surface area contributed by atoms with Gasteiger partial charge in [-0.15, -0.1) is 0 Å². The molecule has 0 saturated carbocycles. The van der Waals surface area contributed by atoms with Crippen molar-refractivity contribution in [2.45, 2.75) is 46.3 Å². The number of benzene rings is 1. The van der Waals surface area contributed by atoms with Crippen molar-refractivity contribution in [3.8, 4) is 5.75 Å². The van der Waals surface area contributed by atoms with Gasteiger partial charge in [-0.25, -0.2) is 0 Å². The van der Waals surface area contributed by atoms with Crippen LogP contribution >= 0.6 is 0 Å². The van der Waals surface area contributed by atoms with E-state index >= 15 is 0 Å². The molecule has 0 aliphatic carbocycles. The average Bonchev–Trinajstić information content (AvgIpc) is 2.37. The van der Waals surface area contributed by atoms with Crippen LogP contribution in [0.15, 0.2) is 24.3 Å². The van der Waals surface area contributed by atoms with Gasteiger partial charge in [-0.3, -0.25) is 0 Å². The lowest BCUT2D eigenvalue weighted by Crippen LogP contribution is -2.41. The molecule has 1 N–H and O–H groups in total. The minimum Gasteiger partial charge on any atom is -0.494 e. The Hall–Kier alpha value is -1.06. The van der Waals surface area contributed by atoms with Gasteiger partial charge >= 0.3 is 0 Å². The van der Waals surface area contributed by atoms with Crippen molar-refractivity contribution in [3.05, 3.63) is 29.8 Å². The quantitative estimate of drug-likeness (QED) is 0.779. The molecule has 3 heteroatoms. The number of likely N-dealkylation sites (N-methyl/N-ethyl adjacent to an activating group) is 1. The third-order valence-corrected chi connectivity index (χ3v) is 3.15. The molecule has 0 aliphatic heterocycles. The molecule has 0 saturated heterocycles. The Morgan fingerprint density at radius 1 is 1.11 bits per heavy atom. The van der Waals surface area contributed by atoms with Gasteiger partial charge in [0.15, 0.2) is 0 Å². The Morgan fingerprint density at radius 3 is 2.37 bits per heavy atom. The second-order valence-electron chi connectivity index (χ2n) is 5.00. The first-order valence-corrected chi connectivity index (χ1v) is 7.15. The van der Waals surface area contributed by atoms with Crippen molar-refractivity contribution >= 4 is 0 Å². The molecule has 108 valence electrons. The molecule has 0 fully saturated rings. The third-order valence-electron chi connectivity index (χ3n) is 3.15. The Morgan fingerprint density at radius 2 is 1.79 bits per heavy atom. The van der Waals surface area contributed by atoms with E-state index in [1.807, 2.05) is 32.0 Å². The van der Waals surface area contributed by atoms with Crippen molar-refractivity contribution in [2.75, 3.05) is 19.8 Å². The summed E-state index contributed by atoms with van der Waals surface area (Å²) < 4.78 is 11.7. The SMILES string of the molecule is CCNC(c1ccccc1OCC)C(C)(C)OCC. The Balaban J connectivity index is 3.11. The summed E-state index contributed by atoms with van der Waals surface area (Å²) in [7, 11) is 0. The van der Waals surface area contributed by atoms with E-state index < -0.39 is 0 Å². The van der Waals surface area contributed by atoms with Crippen LogP contribution in [0.25, 0.3) is 0 Å². The normalized spacial score (nSPS) is 13.3. The number of rotatable bonds is 8. The first kappa shape index (κ1) is 16.0. The van der Waals surface area contributed by atoms with Gasteiger partial charge in [0.25, 0.3) is 0 Å². The van der Waals surface area contributed by atoms with Crippen LogP contribution in [-0.2, 0) is 4.74 Å². The van der Waals surface area contributed by atoms with Gasteiger partial charge in [0, 0.05) is 12.2 Å². The Labute approximate surface area is 117 Å². The van der Waals surface area contributed by atoms with E-state index in [9.17, 15) is 0 Å². The first-order valence-electron chi connectivity index (χ1n) is 7.15. The molecule has 0 amide bonds. The fourth-order valence-electron chi connectivity index (χ4n) is 2.40. The number of hydrogen-bond donors (Lipinski definition) is 1. The average molecular weight is 265 g/mol. The summed E-state index contributed by atoms with van der Waals surface area (Å²) in [5.74, 6) is 0.934. The lowest BCUT2D eigenvalue weighted by molar-refractivity contribution is -0.0394. The molecule has 0 heterocycles. The minimum absolute atomic E-state index is 0.111. The van der Waals surface area contributed by atoms with Gasteiger partial charge in [-0.2, -0.15) is 0 Å². The maximum atomic E-state index is 5.91. The third kappa shape index (κ3) is 4.22. The van der Waals surface area contributed by atoms with Crippen LogP contribution in [0.3, 0.4) is 0 Å². The van der Waals surface area contributed by atoms with E-state index in [1.54, 1.807) is 0 Å². The Bertz CT molecular complexity index is 377. The molecule has 19 heavy (non-hydrogen) atoms. The highest BCUT2D eigenvalue weighted by molar-refractivity contribution is 5.37. The maximum absolute atomic E-state index is 5.91. The van der Waals surface area contributed by atoms with Gasteiger partial charge < -0.3 is 14.8 Å².